The third-order valence-corrected chi connectivity index (χ3v) is 4.41. The Labute approximate surface area is 140 Å². The lowest BCUT2D eigenvalue weighted by atomic mass is 10.0. The van der Waals surface area contributed by atoms with Crippen LogP contribution < -0.4 is 4.74 Å². The number of carboxylic acid groups (broad SMARTS) is 1. The first-order valence-corrected chi connectivity index (χ1v) is 7.93. The molecule has 1 amide bonds. The van der Waals surface area contributed by atoms with Crippen LogP contribution in [-0.2, 0) is 4.79 Å². The second-order valence-corrected chi connectivity index (χ2v) is 5.91. The number of aliphatic carboxylic acids is 1. The van der Waals surface area contributed by atoms with Crippen molar-refractivity contribution in [3.8, 4) is 11.5 Å². The van der Waals surface area contributed by atoms with E-state index in [0.29, 0.717) is 24.3 Å². The lowest BCUT2D eigenvalue weighted by molar-refractivity contribution is -0.142. The van der Waals surface area contributed by atoms with Gasteiger partial charge >= 0.3 is 5.97 Å². The van der Waals surface area contributed by atoms with E-state index in [9.17, 15) is 14.7 Å². The smallest absolute Gasteiger partial charge is 0.308 e. The molecule has 3 rings (SSSR count). The number of carbonyl (C=O) groups excluding carboxylic acids is 1. The molecule has 2 unspecified atom stereocenters. The Balaban J connectivity index is 1.69. The summed E-state index contributed by atoms with van der Waals surface area (Å²) in [6.45, 7) is 2.26. The fourth-order valence-corrected chi connectivity index (χ4v) is 3.01. The molecule has 24 heavy (non-hydrogen) atoms. The number of hydrogen-bond donors (Lipinski definition) is 1. The summed E-state index contributed by atoms with van der Waals surface area (Å²) in [5.74, 6) is -0.0961. The molecule has 5 heteroatoms. The summed E-state index contributed by atoms with van der Waals surface area (Å²) in [6, 6.07) is 16.0. The molecule has 1 aliphatic heterocycles. The van der Waals surface area contributed by atoms with Crippen molar-refractivity contribution in [1.82, 2.24) is 4.90 Å². The first-order valence-electron chi connectivity index (χ1n) is 7.93. The number of carbonyl (C=O) groups is 2. The van der Waals surface area contributed by atoms with E-state index in [4.69, 9.17) is 4.74 Å². The molecule has 0 radical (unpaired) electrons. The van der Waals surface area contributed by atoms with Crippen molar-refractivity contribution in [1.29, 1.82) is 0 Å². The number of hydrogen-bond acceptors (Lipinski definition) is 3. The zero-order chi connectivity index (χ0) is 17.1. The standard InChI is InChI=1S/C19H19NO4/c1-13-17(19(22)23)11-12-20(13)18(21)14-7-9-16(10-8-14)24-15-5-3-2-4-6-15/h2-10,13,17H,11-12H2,1H3,(H,22,23). The Morgan fingerprint density at radius 2 is 1.67 bits per heavy atom. The molecule has 2 aromatic rings. The van der Waals surface area contributed by atoms with Crippen molar-refractivity contribution in [2.75, 3.05) is 6.54 Å². The monoisotopic (exact) mass is 325 g/mol. The molecule has 124 valence electrons. The number of likely N-dealkylation sites (tertiary alicyclic amines) is 1. The summed E-state index contributed by atoms with van der Waals surface area (Å²) in [6.07, 6.45) is 0.497. The van der Waals surface area contributed by atoms with E-state index in [1.54, 1.807) is 36.1 Å². The van der Waals surface area contributed by atoms with Gasteiger partial charge in [-0.05, 0) is 49.7 Å². The molecule has 0 aromatic heterocycles. The molecule has 2 atom stereocenters. The van der Waals surface area contributed by atoms with E-state index in [2.05, 4.69) is 0 Å². The van der Waals surface area contributed by atoms with Gasteiger partial charge in [0.25, 0.3) is 5.91 Å². The minimum absolute atomic E-state index is 0.141. The summed E-state index contributed by atoms with van der Waals surface area (Å²) in [5, 5.41) is 9.18. The van der Waals surface area contributed by atoms with Crippen LogP contribution in [0, 0.1) is 5.92 Å². The van der Waals surface area contributed by atoms with Gasteiger partial charge in [-0.1, -0.05) is 18.2 Å². The number of amides is 1. The fraction of sp³-hybridized carbons (Fsp3) is 0.263. The zero-order valence-corrected chi connectivity index (χ0v) is 13.4. The van der Waals surface area contributed by atoms with E-state index in [1.807, 2.05) is 30.3 Å². The lowest BCUT2D eigenvalue weighted by Gasteiger charge is -2.23. The van der Waals surface area contributed by atoms with Gasteiger partial charge in [-0.2, -0.15) is 0 Å². The third-order valence-electron chi connectivity index (χ3n) is 4.41. The number of ether oxygens (including phenoxy) is 1. The Hall–Kier alpha value is -2.82. The van der Waals surface area contributed by atoms with E-state index in [-0.39, 0.29) is 11.9 Å². The highest BCUT2D eigenvalue weighted by molar-refractivity contribution is 5.95. The third kappa shape index (κ3) is 3.25. The SMILES string of the molecule is CC1C(C(=O)O)CCN1C(=O)c1ccc(Oc2ccccc2)cc1. The van der Waals surface area contributed by atoms with Gasteiger partial charge in [-0.3, -0.25) is 9.59 Å². The topological polar surface area (TPSA) is 66.8 Å². The zero-order valence-electron chi connectivity index (χ0n) is 13.4. The summed E-state index contributed by atoms with van der Waals surface area (Å²) in [7, 11) is 0. The largest absolute Gasteiger partial charge is 0.481 e. The molecule has 1 N–H and O–H groups in total. The molecule has 0 spiro atoms. The molecule has 1 aliphatic rings. The fourth-order valence-electron chi connectivity index (χ4n) is 3.01. The number of rotatable bonds is 4. The van der Waals surface area contributed by atoms with E-state index in [1.165, 1.54) is 0 Å². The average Bonchev–Trinajstić information content (AvgIpc) is 2.97. The van der Waals surface area contributed by atoms with E-state index in [0.717, 1.165) is 5.75 Å². The highest BCUT2D eigenvalue weighted by Gasteiger charge is 2.38. The van der Waals surface area contributed by atoms with Crippen molar-refractivity contribution >= 4 is 11.9 Å². The molecular formula is C19H19NO4. The molecule has 0 aliphatic carbocycles. The Morgan fingerprint density at radius 3 is 2.25 bits per heavy atom. The maximum absolute atomic E-state index is 12.6. The highest BCUT2D eigenvalue weighted by atomic mass is 16.5. The van der Waals surface area contributed by atoms with Crippen LogP contribution in [0.3, 0.4) is 0 Å². The molecule has 1 saturated heterocycles. The normalized spacial score (nSPS) is 20.0. The van der Waals surface area contributed by atoms with Crippen molar-refractivity contribution in [2.45, 2.75) is 19.4 Å². The number of para-hydroxylation sites is 1. The predicted molar refractivity (Wildman–Crippen MR) is 89.2 cm³/mol. The predicted octanol–water partition coefficient (Wildman–Crippen LogP) is 3.41. The van der Waals surface area contributed by atoms with Crippen molar-refractivity contribution in [3.05, 3.63) is 60.2 Å². The van der Waals surface area contributed by atoms with Crippen molar-refractivity contribution < 1.29 is 19.4 Å². The molecule has 0 saturated carbocycles. The van der Waals surface area contributed by atoms with E-state index < -0.39 is 11.9 Å². The van der Waals surface area contributed by atoms with Gasteiger partial charge in [0.1, 0.15) is 11.5 Å². The van der Waals surface area contributed by atoms with Gasteiger partial charge in [0.15, 0.2) is 0 Å². The second-order valence-electron chi connectivity index (χ2n) is 5.91. The van der Waals surface area contributed by atoms with Crippen LogP contribution in [0.1, 0.15) is 23.7 Å². The van der Waals surface area contributed by atoms with Crippen LogP contribution in [0.4, 0.5) is 0 Å². The number of carboxylic acids is 1. The summed E-state index contributed by atoms with van der Waals surface area (Å²) in [5.41, 5.74) is 0.535. The second kappa shape index (κ2) is 6.74. The first kappa shape index (κ1) is 16.1. The maximum atomic E-state index is 12.6. The van der Waals surface area contributed by atoms with Crippen LogP contribution in [0.2, 0.25) is 0 Å². The Kier molecular flexibility index (Phi) is 4.51. The van der Waals surface area contributed by atoms with Gasteiger partial charge in [-0.15, -0.1) is 0 Å². The van der Waals surface area contributed by atoms with Crippen molar-refractivity contribution in [3.63, 3.8) is 0 Å². The first-order chi connectivity index (χ1) is 11.6. The summed E-state index contributed by atoms with van der Waals surface area (Å²) >= 11 is 0. The quantitative estimate of drug-likeness (QED) is 0.935. The van der Waals surface area contributed by atoms with Crippen molar-refractivity contribution in [2.24, 2.45) is 5.92 Å². The Bertz CT molecular complexity index is 727. The van der Waals surface area contributed by atoms with Crippen LogP contribution in [0.25, 0.3) is 0 Å². The Morgan fingerprint density at radius 1 is 1.04 bits per heavy atom. The average molecular weight is 325 g/mol. The molecule has 0 bridgehead atoms. The minimum Gasteiger partial charge on any atom is -0.481 e. The van der Waals surface area contributed by atoms with Gasteiger partial charge in [-0.25, -0.2) is 0 Å². The minimum atomic E-state index is -0.843. The lowest BCUT2D eigenvalue weighted by Crippen LogP contribution is -2.37. The maximum Gasteiger partial charge on any atom is 0.308 e. The van der Waals surface area contributed by atoms with Crippen LogP contribution in [-0.4, -0.2) is 34.5 Å². The van der Waals surface area contributed by atoms with E-state index >= 15 is 0 Å². The number of nitrogens with zero attached hydrogens (tertiary/aromatic N) is 1. The van der Waals surface area contributed by atoms with Gasteiger partial charge in [0.05, 0.1) is 5.92 Å². The summed E-state index contributed by atoms with van der Waals surface area (Å²) < 4.78 is 5.71. The van der Waals surface area contributed by atoms with Gasteiger partial charge < -0.3 is 14.7 Å². The number of benzene rings is 2. The van der Waals surface area contributed by atoms with Crippen LogP contribution in [0.5, 0.6) is 11.5 Å². The summed E-state index contributed by atoms with van der Waals surface area (Å²) in [4.78, 5) is 25.4. The van der Waals surface area contributed by atoms with Crippen LogP contribution >= 0.6 is 0 Å². The molecule has 2 aromatic carbocycles. The molecular weight excluding hydrogens is 306 g/mol. The molecule has 1 heterocycles. The molecule has 1 fully saturated rings. The molecule has 5 nitrogen and oxygen atoms in total. The highest BCUT2D eigenvalue weighted by Crippen LogP contribution is 2.27. The van der Waals surface area contributed by atoms with Crippen LogP contribution in [0.15, 0.2) is 54.6 Å². The van der Waals surface area contributed by atoms with Gasteiger partial charge in [0, 0.05) is 18.2 Å². The van der Waals surface area contributed by atoms with Gasteiger partial charge in [0.2, 0.25) is 0 Å².